The minimum absolute atomic E-state index is 0.107. The summed E-state index contributed by atoms with van der Waals surface area (Å²) in [5, 5.41) is 16.4. The Bertz CT molecular complexity index is 1070. The Morgan fingerprint density at radius 1 is 1.22 bits per heavy atom. The van der Waals surface area contributed by atoms with Crippen LogP contribution in [0.5, 0.6) is 5.75 Å². The molecule has 2 N–H and O–H groups in total. The number of nitrogens with one attached hydrogen (secondary N) is 2. The summed E-state index contributed by atoms with van der Waals surface area (Å²) >= 11 is 5.96. The summed E-state index contributed by atoms with van der Waals surface area (Å²) in [6.45, 7) is 0. The normalized spacial score (nSPS) is 10.9. The van der Waals surface area contributed by atoms with Crippen LogP contribution >= 0.6 is 11.6 Å². The van der Waals surface area contributed by atoms with Gasteiger partial charge in [-0.2, -0.15) is 5.26 Å². The number of fused-ring (bicyclic) bond motifs is 1. The smallest absolute Gasteiger partial charge is 0.267 e. The lowest BCUT2D eigenvalue weighted by Gasteiger charge is -2.10. The minimum Gasteiger partial charge on any atom is -0.495 e. The number of rotatable bonds is 5. The molecule has 0 saturated carbocycles. The van der Waals surface area contributed by atoms with Crippen molar-refractivity contribution in [3.05, 3.63) is 71.5 Å². The molecule has 1 heterocycles. The molecule has 0 aliphatic carbocycles. The largest absolute Gasteiger partial charge is 0.495 e. The average Bonchev–Trinajstić information content (AvgIpc) is 2.68. The number of para-hydroxylation sites is 1. The van der Waals surface area contributed by atoms with Crippen LogP contribution in [0.3, 0.4) is 0 Å². The van der Waals surface area contributed by atoms with Gasteiger partial charge in [-0.05, 0) is 30.3 Å². The molecule has 7 heteroatoms. The van der Waals surface area contributed by atoms with E-state index in [4.69, 9.17) is 16.3 Å². The van der Waals surface area contributed by atoms with Crippen LogP contribution in [0.1, 0.15) is 0 Å². The van der Waals surface area contributed by atoms with Gasteiger partial charge in [0.2, 0.25) is 0 Å². The minimum atomic E-state index is -0.584. The van der Waals surface area contributed by atoms with Crippen LogP contribution in [0.2, 0.25) is 5.02 Å². The second kappa shape index (κ2) is 8.21. The molecule has 0 unspecified atom stereocenters. The Balaban J connectivity index is 1.83. The number of nitrogens with zero attached hydrogens (tertiary/aromatic N) is 2. The van der Waals surface area contributed by atoms with E-state index in [9.17, 15) is 10.1 Å². The van der Waals surface area contributed by atoms with Gasteiger partial charge in [-0.3, -0.25) is 9.78 Å². The topological polar surface area (TPSA) is 87.0 Å². The molecule has 134 valence electrons. The highest BCUT2D eigenvalue weighted by Gasteiger charge is 2.13. The Hall–Kier alpha value is -3.56. The third kappa shape index (κ3) is 4.17. The highest BCUT2D eigenvalue weighted by molar-refractivity contribution is 6.31. The molecule has 0 fully saturated rings. The second-order valence-electron chi connectivity index (χ2n) is 5.49. The first kappa shape index (κ1) is 18.2. The zero-order valence-electron chi connectivity index (χ0n) is 14.4. The van der Waals surface area contributed by atoms with Gasteiger partial charge in [0.1, 0.15) is 17.4 Å². The third-order valence-electron chi connectivity index (χ3n) is 3.78. The van der Waals surface area contributed by atoms with Gasteiger partial charge in [0, 0.05) is 22.8 Å². The van der Waals surface area contributed by atoms with Crippen molar-refractivity contribution in [3.63, 3.8) is 0 Å². The molecule has 0 saturated heterocycles. The van der Waals surface area contributed by atoms with Crippen LogP contribution in [-0.4, -0.2) is 18.0 Å². The molecule has 0 aliphatic rings. The number of hydrogen-bond donors (Lipinski definition) is 2. The van der Waals surface area contributed by atoms with Gasteiger partial charge < -0.3 is 15.4 Å². The fourth-order valence-corrected chi connectivity index (χ4v) is 2.66. The Morgan fingerprint density at radius 3 is 2.81 bits per heavy atom. The van der Waals surface area contributed by atoms with Crippen LogP contribution in [0.4, 0.5) is 11.4 Å². The molecule has 0 spiro atoms. The van der Waals surface area contributed by atoms with E-state index in [1.165, 1.54) is 13.3 Å². The fraction of sp³-hybridized carbons (Fsp3) is 0.0500. The zero-order chi connectivity index (χ0) is 19.2. The molecule has 27 heavy (non-hydrogen) atoms. The molecule has 0 radical (unpaired) electrons. The summed E-state index contributed by atoms with van der Waals surface area (Å²) in [6.07, 6.45) is 3.02. The number of carbonyl (C=O) groups is 1. The second-order valence-corrected chi connectivity index (χ2v) is 5.93. The molecule has 6 nitrogen and oxygen atoms in total. The summed E-state index contributed by atoms with van der Waals surface area (Å²) in [5.41, 5.74) is 1.70. The summed E-state index contributed by atoms with van der Waals surface area (Å²) < 4.78 is 5.19. The van der Waals surface area contributed by atoms with E-state index in [2.05, 4.69) is 15.6 Å². The Kier molecular flexibility index (Phi) is 5.55. The van der Waals surface area contributed by atoms with Crippen molar-refractivity contribution in [2.24, 2.45) is 0 Å². The number of hydrogen-bond acceptors (Lipinski definition) is 5. The Labute approximate surface area is 161 Å². The predicted octanol–water partition coefficient (Wildman–Crippen LogP) is 4.35. The molecule has 1 aromatic heterocycles. The Morgan fingerprint density at radius 2 is 2.04 bits per heavy atom. The number of methoxy groups -OCH3 is 1. The predicted molar refractivity (Wildman–Crippen MR) is 106 cm³/mol. The van der Waals surface area contributed by atoms with Crippen molar-refractivity contribution in [2.75, 3.05) is 17.7 Å². The molecule has 0 atom stereocenters. The first-order chi connectivity index (χ1) is 13.1. The maximum Gasteiger partial charge on any atom is 0.267 e. The molecule has 0 bridgehead atoms. The van der Waals surface area contributed by atoms with Crippen LogP contribution in [0.25, 0.3) is 10.9 Å². The van der Waals surface area contributed by atoms with Gasteiger partial charge in [-0.1, -0.05) is 29.8 Å². The van der Waals surface area contributed by atoms with E-state index in [1.54, 1.807) is 24.4 Å². The van der Waals surface area contributed by atoms with E-state index >= 15 is 0 Å². The zero-order valence-corrected chi connectivity index (χ0v) is 15.1. The van der Waals surface area contributed by atoms with Crippen LogP contribution in [0.15, 0.2) is 66.5 Å². The van der Waals surface area contributed by atoms with E-state index in [0.29, 0.717) is 22.1 Å². The van der Waals surface area contributed by atoms with Crippen molar-refractivity contribution < 1.29 is 9.53 Å². The van der Waals surface area contributed by atoms with Gasteiger partial charge in [-0.25, -0.2) is 0 Å². The molecular weight excluding hydrogens is 364 g/mol. The number of benzene rings is 2. The summed E-state index contributed by atoms with van der Waals surface area (Å²) in [7, 11) is 1.48. The van der Waals surface area contributed by atoms with Crippen LogP contribution < -0.4 is 15.4 Å². The number of halogens is 1. The quantitative estimate of drug-likeness (QED) is 0.509. The fourth-order valence-electron chi connectivity index (χ4n) is 2.49. The molecule has 1 amide bonds. The van der Waals surface area contributed by atoms with Crippen molar-refractivity contribution in [1.82, 2.24) is 4.98 Å². The number of pyridine rings is 1. The molecule has 3 aromatic rings. The lowest BCUT2D eigenvalue weighted by atomic mass is 10.2. The molecule has 2 aromatic carbocycles. The number of carbonyl (C=O) groups excluding carboxylic acids is 1. The summed E-state index contributed by atoms with van der Waals surface area (Å²) in [6, 6.07) is 16.1. The number of amides is 1. The van der Waals surface area contributed by atoms with Crippen LogP contribution in [-0.2, 0) is 4.79 Å². The molecule has 3 rings (SSSR count). The van der Waals surface area contributed by atoms with Crippen molar-refractivity contribution >= 4 is 39.8 Å². The van der Waals surface area contributed by atoms with Crippen molar-refractivity contribution in [3.8, 4) is 11.8 Å². The average molecular weight is 379 g/mol. The lowest BCUT2D eigenvalue weighted by Crippen LogP contribution is -2.15. The first-order valence-electron chi connectivity index (χ1n) is 7.98. The summed E-state index contributed by atoms with van der Waals surface area (Å²) in [4.78, 5) is 16.8. The highest BCUT2D eigenvalue weighted by atomic mass is 35.5. The number of nitriles is 1. The first-order valence-corrected chi connectivity index (χ1v) is 8.35. The van der Waals surface area contributed by atoms with E-state index in [0.717, 1.165) is 10.9 Å². The van der Waals surface area contributed by atoms with Gasteiger partial charge >= 0.3 is 0 Å². The third-order valence-corrected chi connectivity index (χ3v) is 4.01. The monoisotopic (exact) mass is 378 g/mol. The lowest BCUT2D eigenvalue weighted by molar-refractivity contribution is -0.112. The summed E-state index contributed by atoms with van der Waals surface area (Å²) in [5.74, 6) is -0.144. The van der Waals surface area contributed by atoms with Crippen LogP contribution in [0, 0.1) is 11.3 Å². The molecular formula is C20H15ClN4O2. The van der Waals surface area contributed by atoms with Gasteiger partial charge in [-0.15, -0.1) is 0 Å². The van der Waals surface area contributed by atoms with E-state index in [-0.39, 0.29) is 5.57 Å². The van der Waals surface area contributed by atoms with E-state index in [1.807, 2.05) is 36.4 Å². The van der Waals surface area contributed by atoms with Gasteiger partial charge in [0.25, 0.3) is 5.91 Å². The van der Waals surface area contributed by atoms with Crippen molar-refractivity contribution in [1.29, 1.82) is 5.26 Å². The SMILES string of the molecule is COc1ccc(Cl)cc1NC(=O)/C(C#N)=C\Nc1cccc2cccnc12. The van der Waals surface area contributed by atoms with E-state index < -0.39 is 5.91 Å². The van der Waals surface area contributed by atoms with Crippen molar-refractivity contribution in [2.45, 2.75) is 0 Å². The number of ether oxygens (including phenoxy) is 1. The number of aromatic nitrogens is 1. The molecule has 0 aliphatic heterocycles. The standard InChI is InChI=1S/C20H15ClN4O2/c1-27-18-8-7-15(21)10-17(18)25-20(26)14(11-22)12-24-16-6-2-4-13-5-3-9-23-19(13)16/h2-10,12,24H,1H3,(H,25,26)/b14-12-. The number of anilines is 2. The van der Waals surface area contributed by atoms with Gasteiger partial charge in [0.05, 0.1) is 24.0 Å². The maximum absolute atomic E-state index is 12.5. The maximum atomic E-state index is 12.5. The highest BCUT2D eigenvalue weighted by Crippen LogP contribution is 2.28. The van der Waals surface area contributed by atoms with Gasteiger partial charge in [0.15, 0.2) is 0 Å².